The molecule has 0 aliphatic heterocycles. The van der Waals surface area contributed by atoms with Gasteiger partial charge in [0.25, 0.3) is 0 Å². The summed E-state index contributed by atoms with van der Waals surface area (Å²) >= 11 is 15.3. The zero-order chi connectivity index (χ0) is 18.0. The maximum atomic E-state index is 11.9. The van der Waals surface area contributed by atoms with Crippen molar-refractivity contribution in [3.05, 3.63) is 50.9 Å². The summed E-state index contributed by atoms with van der Waals surface area (Å²) < 4.78 is 6.08. The van der Waals surface area contributed by atoms with Crippen LogP contribution in [-0.2, 0) is 4.79 Å². The monoisotopic (exact) mass is 441 g/mol. The van der Waals surface area contributed by atoms with Crippen LogP contribution in [0.3, 0.4) is 0 Å². The number of para-hydroxylation sites is 1. The molecular formula is C16H10BrCl2N3O3. The minimum absolute atomic E-state index is 0.0774. The van der Waals surface area contributed by atoms with E-state index in [4.69, 9.17) is 27.9 Å². The first-order valence-corrected chi connectivity index (χ1v) is 8.52. The van der Waals surface area contributed by atoms with E-state index in [-0.39, 0.29) is 18.2 Å². The van der Waals surface area contributed by atoms with Crippen LogP contribution in [0.4, 0.5) is 5.69 Å². The van der Waals surface area contributed by atoms with E-state index in [9.17, 15) is 9.90 Å². The number of H-pyrrole nitrogens is 1. The first-order chi connectivity index (χ1) is 12.0. The lowest BCUT2D eigenvalue weighted by atomic mass is 10.2. The van der Waals surface area contributed by atoms with Crippen LogP contribution in [0.2, 0.25) is 10.0 Å². The van der Waals surface area contributed by atoms with Crippen LogP contribution in [-0.4, -0.2) is 22.6 Å². The van der Waals surface area contributed by atoms with Gasteiger partial charge < -0.3 is 14.8 Å². The molecule has 1 amide bonds. The van der Waals surface area contributed by atoms with Crippen LogP contribution in [0, 0.1) is 0 Å². The Morgan fingerprint density at radius 2 is 2.04 bits per heavy atom. The molecule has 2 N–H and O–H groups in total. The molecule has 1 heterocycles. The summed E-state index contributed by atoms with van der Waals surface area (Å²) in [6.07, 6.45) is 0. The number of nitrogens with one attached hydrogen (secondary N) is 1. The van der Waals surface area contributed by atoms with Crippen LogP contribution in [0.15, 0.2) is 51.1 Å². The van der Waals surface area contributed by atoms with Crippen LogP contribution in [0.1, 0.15) is 0 Å². The number of benzene rings is 2. The van der Waals surface area contributed by atoms with Gasteiger partial charge in [0, 0.05) is 10.4 Å². The van der Waals surface area contributed by atoms with E-state index in [2.05, 4.69) is 31.1 Å². The molecule has 9 heteroatoms. The Kier molecular flexibility index (Phi) is 5.27. The average Bonchev–Trinajstić information content (AvgIpc) is 2.88. The number of fused-ring (bicyclic) bond motifs is 1. The average molecular weight is 443 g/mol. The van der Waals surface area contributed by atoms with E-state index in [1.54, 1.807) is 24.3 Å². The molecule has 0 aliphatic rings. The highest BCUT2D eigenvalue weighted by Crippen LogP contribution is 2.40. The first kappa shape index (κ1) is 17.7. The highest BCUT2D eigenvalue weighted by atomic mass is 79.9. The molecule has 0 unspecified atom stereocenters. The number of carbonyl (C=O) groups excluding carboxylic acids is 1. The van der Waals surface area contributed by atoms with E-state index >= 15 is 0 Å². The van der Waals surface area contributed by atoms with E-state index in [1.165, 1.54) is 6.07 Å². The molecule has 6 nitrogen and oxygen atoms in total. The Labute approximate surface area is 160 Å². The van der Waals surface area contributed by atoms with E-state index in [1.807, 2.05) is 6.07 Å². The van der Waals surface area contributed by atoms with Crippen molar-refractivity contribution in [3.8, 4) is 11.6 Å². The largest absolute Gasteiger partial charge is 0.493 e. The van der Waals surface area contributed by atoms with E-state index in [0.717, 1.165) is 4.47 Å². The fourth-order valence-electron chi connectivity index (χ4n) is 2.13. The first-order valence-electron chi connectivity index (χ1n) is 6.97. The highest BCUT2D eigenvalue weighted by Gasteiger charge is 2.14. The van der Waals surface area contributed by atoms with Crippen molar-refractivity contribution in [1.29, 1.82) is 0 Å². The van der Waals surface area contributed by atoms with Gasteiger partial charge >= 0.3 is 5.91 Å². The fraction of sp³-hybridized carbons (Fsp3) is 0.0625. The molecule has 0 atom stereocenters. The van der Waals surface area contributed by atoms with Gasteiger partial charge in [0.2, 0.25) is 5.88 Å². The minimum atomic E-state index is -0.613. The third kappa shape index (κ3) is 3.95. The van der Waals surface area contributed by atoms with Crippen LogP contribution >= 0.6 is 39.1 Å². The molecule has 3 rings (SSSR count). The predicted octanol–water partition coefficient (Wildman–Crippen LogP) is 5.63. The Morgan fingerprint density at radius 3 is 2.80 bits per heavy atom. The molecular weight excluding hydrogens is 433 g/mol. The van der Waals surface area contributed by atoms with Crippen LogP contribution in [0.5, 0.6) is 11.6 Å². The normalized spacial score (nSPS) is 11.3. The molecule has 0 saturated carbocycles. The van der Waals surface area contributed by atoms with Gasteiger partial charge in [-0.3, -0.25) is 4.79 Å². The van der Waals surface area contributed by atoms with Gasteiger partial charge in [-0.25, -0.2) is 0 Å². The lowest BCUT2D eigenvalue weighted by Crippen LogP contribution is -2.08. The van der Waals surface area contributed by atoms with Gasteiger partial charge in [0.05, 0.1) is 15.0 Å². The molecule has 0 radical (unpaired) electrons. The molecule has 2 aromatic carbocycles. The maximum Gasteiger partial charge on any atom is 0.302 e. The SMILES string of the molecule is O=C(COc1ccccc1Br)N=Nc1c(O)[nH]c2c(Cl)cc(Cl)cc12. The molecule has 1 aromatic heterocycles. The summed E-state index contributed by atoms with van der Waals surface area (Å²) in [5, 5.41) is 18.5. The Hall–Kier alpha value is -2.09. The zero-order valence-electron chi connectivity index (χ0n) is 12.5. The summed E-state index contributed by atoms with van der Waals surface area (Å²) in [5.41, 5.74) is 0.531. The Balaban J connectivity index is 1.78. The third-order valence-electron chi connectivity index (χ3n) is 3.23. The van der Waals surface area contributed by atoms with Crippen molar-refractivity contribution in [2.24, 2.45) is 10.2 Å². The van der Waals surface area contributed by atoms with Crippen LogP contribution < -0.4 is 4.74 Å². The standard InChI is InChI=1S/C16H10BrCl2N3O3/c17-10-3-1-2-4-12(10)25-7-13(23)21-22-15-9-5-8(18)6-11(19)14(9)20-16(15)24/h1-6,20,24H,7H2. The van der Waals surface area contributed by atoms with Crippen molar-refractivity contribution < 1.29 is 14.6 Å². The molecule has 25 heavy (non-hydrogen) atoms. The van der Waals surface area contributed by atoms with E-state index < -0.39 is 5.91 Å². The summed E-state index contributed by atoms with van der Waals surface area (Å²) in [5.74, 6) is -0.361. The van der Waals surface area contributed by atoms with Crippen molar-refractivity contribution >= 4 is 61.6 Å². The molecule has 0 saturated heterocycles. The topological polar surface area (TPSA) is 87.0 Å². The van der Waals surface area contributed by atoms with Crippen LogP contribution in [0.25, 0.3) is 10.9 Å². The predicted molar refractivity (Wildman–Crippen MR) is 99.1 cm³/mol. The molecule has 128 valence electrons. The van der Waals surface area contributed by atoms with Gasteiger partial charge in [-0.1, -0.05) is 35.3 Å². The summed E-state index contributed by atoms with van der Waals surface area (Å²) in [6, 6.07) is 10.2. The number of hydrogen-bond acceptors (Lipinski definition) is 4. The summed E-state index contributed by atoms with van der Waals surface area (Å²) in [6.45, 7) is -0.295. The highest BCUT2D eigenvalue weighted by molar-refractivity contribution is 9.10. The number of azo groups is 1. The number of aromatic nitrogens is 1. The van der Waals surface area contributed by atoms with Gasteiger partial charge in [0.1, 0.15) is 5.75 Å². The fourth-order valence-corrected chi connectivity index (χ4v) is 3.07. The Bertz CT molecular complexity index is 988. The van der Waals surface area contributed by atoms with Crippen molar-refractivity contribution in [2.45, 2.75) is 0 Å². The number of aromatic amines is 1. The second-order valence-corrected chi connectivity index (χ2v) is 6.64. The smallest absolute Gasteiger partial charge is 0.302 e. The van der Waals surface area contributed by atoms with Gasteiger partial charge in [0.15, 0.2) is 12.3 Å². The van der Waals surface area contributed by atoms with Crippen molar-refractivity contribution in [1.82, 2.24) is 4.98 Å². The number of amides is 1. The van der Waals surface area contributed by atoms with E-state index in [0.29, 0.717) is 26.7 Å². The number of rotatable bonds is 4. The van der Waals surface area contributed by atoms with Crippen molar-refractivity contribution in [2.75, 3.05) is 6.61 Å². The molecule has 3 aromatic rings. The van der Waals surface area contributed by atoms with Gasteiger partial charge in [-0.15, -0.1) is 10.2 Å². The molecule has 0 aliphatic carbocycles. The molecule has 0 spiro atoms. The number of halogens is 3. The second kappa shape index (κ2) is 7.43. The van der Waals surface area contributed by atoms with Crippen molar-refractivity contribution in [3.63, 3.8) is 0 Å². The Morgan fingerprint density at radius 1 is 1.28 bits per heavy atom. The summed E-state index contributed by atoms with van der Waals surface area (Å²) in [7, 11) is 0. The lowest BCUT2D eigenvalue weighted by Gasteiger charge is -2.04. The maximum absolute atomic E-state index is 11.9. The molecule has 0 fully saturated rings. The lowest BCUT2D eigenvalue weighted by molar-refractivity contribution is -0.120. The zero-order valence-corrected chi connectivity index (χ0v) is 15.6. The number of hydrogen-bond donors (Lipinski definition) is 2. The number of aromatic hydroxyl groups is 1. The quantitative estimate of drug-likeness (QED) is 0.513. The summed E-state index contributed by atoms with van der Waals surface area (Å²) in [4.78, 5) is 14.5. The second-order valence-electron chi connectivity index (χ2n) is 4.95. The third-order valence-corrected chi connectivity index (χ3v) is 4.40. The number of ether oxygens (including phenoxy) is 1. The van der Waals surface area contributed by atoms with Gasteiger partial charge in [-0.05, 0) is 40.2 Å². The minimum Gasteiger partial charge on any atom is -0.493 e. The number of nitrogens with zero attached hydrogens (tertiary/aromatic N) is 2. The van der Waals surface area contributed by atoms with Gasteiger partial charge in [-0.2, -0.15) is 0 Å². The molecule has 0 bridgehead atoms. The number of carbonyl (C=O) groups is 1.